The summed E-state index contributed by atoms with van der Waals surface area (Å²) in [6.07, 6.45) is -9.82. The standard InChI is InChI=1S/C8H9F6N3/c1-4(2)15-17-6(8(12,13)14)3-5(16-17)7(9,10)11/h3-4,15H,1-2H3. The van der Waals surface area contributed by atoms with E-state index in [1.54, 1.807) is 0 Å². The number of halogens is 6. The molecule has 3 nitrogen and oxygen atoms in total. The van der Waals surface area contributed by atoms with Gasteiger partial charge in [0.25, 0.3) is 0 Å². The molecule has 0 saturated heterocycles. The number of hydrogen-bond acceptors (Lipinski definition) is 2. The van der Waals surface area contributed by atoms with Crippen molar-refractivity contribution in [2.45, 2.75) is 32.2 Å². The summed E-state index contributed by atoms with van der Waals surface area (Å²) in [7, 11) is 0. The molecule has 0 atom stereocenters. The molecule has 0 amide bonds. The SMILES string of the molecule is CC(C)Nn1nc(C(F)(F)F)cc1C(F)(F)F. The van der Waals surface area contributed by atoms with E-state index in [9.17, 15) is 26.3 Å². The van der Waals surface area contributed by atoms with Crippen molar-refractivity contribution in [1.82, 2.24) is 9.89 Å². The van der Waals surface area contributed by atoms with Gasteiger partial charge in [-0.2, -0.15) is 31.1 Å². The molecule has 9 heteroatoms. The molecule has 0 unspecified atom stereocenters. The molecule has 0 spiro atoms. The molecule has 0 radical (unpaired) electrons. The zero-order valence-corrected chi connectivity index (χ0v) is 8.82. The Morgan fingerprint density at radius 1 is 1.12 bits per heavy atom. The van der Waals surface area contributed by atoms with Gasteiger partial charge in [-0.05, 0) is 13.8 Å². The Morgan fingerprint density at radius 3 is 2.00 bits per heavy atom. The van der Waals surface area contributed by atoms with E-state index in [4.69, 9.17) is 0 Å². The first kappa shape index (κ1) is 13.7. The van der Waals surface area contributed by atoms with E-state index in [0.29, 0.717) is 0 Å². The number of aromatic nitrogens is 2. The quantitative estimate of drug-likeness (QED) is 0.829. The Balaban J connectivity index is 3.22. The summed E-state index contributed by atoms with van der Waals surface area (Å²) in [4.78, 5) is 0.105. The predicted molar refractivity (Wildman–Crippen MR) is 46.7 cm³/mol. The molecule has 1 rings (SSSR count). The first-order valence-electron chi connectivity index (χ1n) is 4.53. The van der Waals surface area contributed by atoms with Gasteiger partial charge in [0.2, 0.25) is 0 Å². The number of hydrogen-bond donors (Lipinski definition) is 1. The molecule has 17 heavy (non-hydrogen) atoms. The molecule has 0 aliphatic carbocycles. The van der Waals surface area contributed by atoms with Crippen molar-refractivity contribution in [3.8, 4) is 0 Å². The second-order valence-electron chi connectivity index (χ2n) is 3.61. The van der Waals surface area contributed by atoms with Crippen molar-refractivity contribution < 1.29 is 26.3 Å². The van der Waals surface area contributed by atoms with Crippen LogP contribution in [0.5, 0.6) is 0 Å². The lowest BCUT2D eigenvalue weighted by Gasteiger charge is -2.14. The molecule has 1 aromatic heterocycles. The van der Waals surface area contributed by atoms with Crippen LogP contribution in [-0.4, -0.2) is 15.9 Å². The minimum absolute atomic E-state index is 0.0324. The minimum atomic E-state index is -4.91. The van der Waals surface area contributed by atoms with Gasteiger partial charge in [0.15, 0.2) is 11.4 Å². The summed E-state index contributed by atoms with van der Waals surface area (Å²) < 4.78 is 74.0. The largest absolute Gasteiger partial charge is 0.435 e. The van der Waals surface area contributed by atoms with E-state index in [2.05, 4.69) is 10.5 Å². The highest BCUT2D eigenvalue weighted by Gasteiger charge is 2.42. The van der Waals surface area contributed by atoms with Gasteiger partial charge in [0.1, 0.15) is 0 Å². The minimum Gasteiger partial charge on any atom is -0.307 e. The Morgan fingerprint density at radius 2 is 1.65 bits per heavy atom. The number of alkyl halides is 6. The molecule has 0 aromatic carbocycles. The Bertz CT molecular complexity index is 389. The molecule has 0 aliphatic rings. The van der Waals surface area contributed by atoms with E-state index < -0.39 is 29.8 Å². The van der Waals surface area contributed by atoms with Gasteiger partial charge in [-0.25, -0.2) is 0 Å². The third-order valence-electron chi connectivity index (χ3n) is 1.67. The van der Waals surface area contributed by atoms with Gasteiger partial charge in [-0.15, -0.1) is 5.10 Å². The summed E-state index contributed by atoms with van der Waals surface area (Å²) >= 11 is 0. The molecule has 1 heterocycles. The summed E-state index contributed by atoms with van der Waals surface area (Å²) in [5.41, 5.74) is -0.915. The first-order valence-corrected chi connectivity index (χ1v) is 4.53. The van der Waals surface area contributed by atoms with Gasteiger partial charge in [-0.3, -0.25) is 0 Å². The number of nitrogens with one attached hydrogen (secondary N) is 1. The van der Waals surface area contributed by atoms with Crippen molar-refractivity contribution >= 4 is 0 Å². The summed E-state index contributed by atoms with van der Waals surface area (Å²) in [6.45, 7) is 2.96. The highest BCUT2D eigenvalue weighted by molar-refractivity contribution is 5.17. The van der Waals surface area contributed by atoms with Gasteiger partial charge in [0, 0.05) is 12.1 Å². The average molecular weight is 261 g/mol. The van der Waals surface area contributed by atoms with Crippen molar-refractivity contribution in [2.75, 3.05) is 5.43 Å². The molecule has 0 bridgehead atoms. The number of rotatable bonds is 2. The molecular weight excluding hydrogens is 252 g/mol. The Labute approximate surface area is 92.4 Å². The highest BCUT2D eigenvalue weighted by atomic mass is 19.4. The summed E-state index contributed by atoms with van der Waals surface area (Å²) in [5, 5.41) is 2.85. The zero-order valence-electron chi connectivity index (χ0n) is 8.82. The smallest absolute Gasteiger partial charge is 0.307 e. The van der Waals surface area contributed by atoms with Crippen LogP contribution < -0.4 is 5.43 Å². The summed E-state index contributed by atoms with van der Waals surface area (Å²) in [6, 6.07) is -0.521. The second-order valence-corrected chi connectivity index (χ2v) is 3.61. The van der Waals surface area contributed by atoms with Crippen LogP contribution in [0.25, 0.3) is 0 Å². The Hall–Kier alpha value is -1.41. The summed E-state index contributed by atoms with van der Waals surface area (Å²) in [5.74, 6) is 0. The second kappa shape index (κ2) is 4.11. The lowest BCUT2D eigenvalue weighted by Crippen LogP contribution is -2.28. The van der Waals surface area contributed by atoms with Crippen molar-refractivity contribution in [2.24, 2.45) is 0 Å². The first-order chi connectivity index (χ1) is 7.51. The van der Waals surface area contributed by atoms with Crippen LogP contribution in [0.4, 0.5) is 26.3 Å². The monoisotopic (exact) mass is 261 g/mol. The lowest BCUT2D eigenvalue weighted by molar-refractivity contribution is -0.143. The van der Waals surface area contributed by atoms with Crippen LogP contribution in [0.2, 0.25) is 0 Å². The lowest BCUT2D eigenvalue weighted by atomic mass is 10.3. The Kier molecular flexibility index (Phi) is 3.30. The van der Waals surface area contributed by atoms with Crippen molar-refractivity contribution in [3.05, 3.63) is 17.5 Å². The van der Waals surface area contributed by atoms with Crippen LogP contribution in [0.3, 0.4) is 0 Å². The fourth-order valence-electron chi connectivity index (χ4n) is 1.06. The molecule has 0 aliphatic heterocycles. The van der Waals surface area contributed by atoms with Gasteiger partial charge >= 0.3 is 12.4 Å². The maximum Gasteiger partial charge on any atom is 0.435 e. The van der Waals surface area contributed by atoms with E-state index in [1.807, 2.05) is 0 Å². The molecule has 0 fully saturated rings. The molecule has 98 valence electrons. The fourth-order valence-corrected chi connectivity index (χ4v) is 1.06. The van der Waals surface area contributed by atoms with Crippen molar-refractivity contribution in [1.29, 1.82) is 0 Å². The highest BCUT2D eigenvalue weighted by Crippen LogP contribution is 2.34. The fraction of sp³-hybridized carbons (Fsp3) is 0.625. The predicted octanol–water partition coefficient (Wildman–Crippen LogP) is 2.87. The van der Waals surface area contributed by atoms with Gasteiger partial charge < -0.3 is 5.43 Å². The maximum absolute atomic E-state index is 12.4. The topological polar surface area (TPSA) is 29.9 Å². The zero-order chi connectivity index (χ0) is 13.4. The molecule has 1 N–H and O–H groups in total. The van der Waals surface area contributed by atoms with Crippen LogP contribution in [-0.2, 0) is 12.4 Å². The van der Waals surface area contributed by atoms with E-state index in [-0.39, 0.29) is 10.9 Å². The molecule has 0 saturated carbocycles. The third kappa shape index (κ3) is 3.27. The van der Waals surface area contributed by atoms with Crippen LogP contribution in [0.1, 0.15) is 25.2 Å². The molecular formula is C8H9F6N3. The van der Waals surface area contributed by atoms with E-state index in [1.165, 1.54) is 13.8 Å². The van der Waals surface area contributed by atoms with Gasteiger partial charge in [-0.1, -0.05) is 0 Å². The maximum atomic E-state index is 12.4. The van der Waals surface area contributed by atoms with Gasteiger partial charge in [0.05, 0.1) is 0 Å². The van der Waals surface area contributed by atoms with Crippen molar-refractivity contribution in [3.63, 3.8) is 0 Å². The van der Waals surface area contributed by atoms with Crippen LogP contribution in [0, 0.1) is 0 Å². The van der Waals surface area contributed by atoms with Crippen LogP contribution in [0.15, 0.2) is 6.07 Å². The van der Waals surface area contributed by atoms with E-state index >= 15 is 0 Å². The molecule has 1 aromatic rings. The normalized spacial score (nSPS) is 13.2. The van der Waals surface area contributed by atoms with Crippen LogP contribution >= 0.6 is 0 Å². The van der Waals surface area contributed by atoms with E-state index in [0.717, 1.165) is 0 Å². The average Bonchev–Trinajstić information content (AvgIpc) is 2.44. The third-order valence-corrected chi connectivity index (χ3v) is 1.67. The number of nitrogens with zero attached hydrogens (tertiary/aromatic N) is 2.